The number of rotatable bonds is 4. The molecule has 162 valence electrons. The third-order valence-electron chi connectivity index (χ3n) is 5.28. The summed E-state index contributed by atoms with van der Waals surface area (Å²) in [6.07, 6.45) is 0. The van der Waals surface area contributed by atoms with E-state index in [4.69, 9.17) is 5.26 Å². The maximum absolute atomic E-state index is 13.3. The number of carbonyl (C=O) groups excluding carboxylic acids is 2. The minimum absolute atomic E-state index is 0.239. The van der Waals surface area contributed by atoms with Gasteiger partial charge in [-0.05, 0) is 56.7 Å². The Balaban J connectivity index is 1.54. The Morgan fingerprint density at radius 1 is 1.12 bits per heavy atom. The highest BCUT2D eigenvalue weighted by Gasteiger charge is 2.37. The summed E-state index contributed by atoms with van der Waals surface area (Å²) < 4.78 is 0. The summed E-state index contributed by atoms with van der Waals surface area (Å²) in [6.45, 7) is 5.74. The molecule has 2 amide bonds. The van der Waals surface area contributed by atoms with Crippen molar-refractivity contribution in [3.8, 4) is 11.8 Å². The highest BCUT2D eigenvalue weighted by atomic mass is 32.2. The second-order valence-electron chi connectivity index (χ2n) is 7.68. The van der Waals surface area contributed by atoms with E-state index in [0.29, 0.717) is 28.6 Å². The van der Waals surface area contributed by atoms with E-state index in [1.54, 1.807) is 31.2 Å². The Bertz CT molecular complexity index is 1230. The summed E-state index contributed by atoms with van der Waals surface area (Å²) >= 11 is 1.52. The topological polar surface area (TPSA) is 104 Å². The highest BCUT2D eigenvalue weighted by Crippen LogP contribution is 2.25. The number of aryl methyl sites for hydroxylation is 3. The average molecular weight is 447 g/mol. The molecule has 0 spiro atoms. The van der Waals surface area contributed by atoms with Gasteiger partial charge in [0.25, 0.3) is 5.91 Å². The van der Waals surface area contributed by atoms with Crippen LogP contribution in [0.2, 0.25) is 0 Å². The third kappa shape index (κ3) is 4.22. The monoisotopic (exact) mass is 446 g/mol. The molecule has 3 aromatic rings. The fraction of sp³-hybridized carbons (Fsp3) is 0.261. The molecule has 9 heteroatoms. The second-order valence-corrected chi connectivity index (χ2v) is 8.68. The van der Waals surface area contributed by atoms with Gasteiger partial charge in [0.2, 0.25) is 5.91 Å². The fourth-order valence-corrected chi connectivity index (χ4v) is 4.72. The van der Waals surface area contributed by atoms with Crippen LogP contribution in [0.15, 0.2) is 42.5 Å². The molecule has 2 heterocycles. The maximum atomic E-state index is 13.3. The Labute approximate surface area is 190 Å². The zero-order valence-electron chi connectivity index (χ0n) is 18.0. The normalized spacial score (nSPS) is 15.4. The number of anilines is 1. The first-order chi connectivity index (χ1) is 15.4. The van der Waals surface area contributed by atoms with E-state index >= 15 is 0 Å². The molecule has 1 fully saturated rings. The van der Waals surface area contributed by atoms with Crippen molar-refractivity contribution in [3.05, 3.63) is 70.5 Å². The van der Waals surface area contributed by atoms with E-state index in [0.717, 1.165) is 16.8 Å². The smallest absolute Gasteiger partial charge is 0.277 e. The molecule has 1 saturated heterocycles. The van der Waals surface area contributed by atoms with Crippen LogP contribution in [0, 0.1) is 32.1 Å². The first kappa shape index (κ1) is 21.6. The molecule has 0 radical (unpaired) electrons. The summed E-state index contributed by atoms with van der Waals surface area (Å²) in [6, 6.07) is 14.0. The molecule has 0 saturated carbocycles. The number of nitriles is 1. The van der Waals surface area contributed by atoms with Crippen LogP contribution in [0.3, 0.4) is 0 Å². The largest absolute Gasteiger partial charge is 0.324 e. The van der Waals surface area contributed by atoms with Crippen molar-refractivity contribution in [2.45, 2.75) is 26.8 Å². The molecule has 1 aliphatic rings. The van der Waals surface area contributed by atoms with Gasteiger partial charge in [-0.1, -0.05) is 17.7 Å². The summed E-state index contributed by atoms with van der Waals surface area (Å²) in [5, 5.41) is 20.6. The zero-order valence-corrected chi connectivity index (χ0v) is 18.8. The molecule has 1 atom stereocenters. The minimum Gasteiger partial charge on any atom is -0.324 e. The summed E-state index contributed by atoms with van der Waals surface area (Å²) in [5.74, 6) is 0.314. The predicted octanol–water partition coefficient (Wildman–Crippen LogP) is 3.22. The Morgan fingerprint density at radius 3 is 2.56 bits per heavy atom. The number of aromatic nitrogens is 3. The third-order valence-corrected chi connectivity index (χ3v) is 6.29. The van der Waals surface area contributed by atoms with Crippen LogP contribution in [0.25, 0.3) is 5.69 Å². The van der Waals surface area contributed by atoms with Gasteiger partial charge in [-0.15, -0.1) is 16.9 Å². The van der Waals surface area contributed by atoms with Crippen LogP contribution in [0.4, 0.5) is 5.69 Å². The lowest BCUT2D eigenvalue weighted by Crippen LogP contribution is -2.44. The molecular weight excluding hydrogens is 424 g/mol. The van der Waals surface area contributed by atoms with Gasteiger partial charge >= 0.3 is 0 Å². The van der Waals surface area contributed by atoms with Crippen LogP contribution in [-0.2, 0) is 4.79 Å². The van der Waals surface area contributed by atoms with E-state index < -0.39 is 6.04 Å². The number of hydrogen-bond acceptors (Lipinski definition) is 6. The fourth-order valence-electron chi connectivity index (χ4n) is 3.56. The molecule has 1 aromatic heterocycles. The predicted molar refractivity (Wildman–Crippen MR) is 123 cm³/mol. The Morgan fingerprint density at radius 2 is 1.88 bits per heavy atom. The summed E-state index contributed by atoms with van der Waals surface area (Å²) in [7, 11) is 0. The van der Waals surface area contributed by atoms with Crippen LogP contribution in [-0.4, -0.2) is 49.4 Å². The number of carbonyl (C=O) groups is 2. The molecule has 1 N–H and O–H groups in total. The lowest BCUT2D eigenvalue weighted by atomic mass is 10.1. The van der Waals surface area contributed by atoms with Gasteiger partial charge in [0.15, 0.2) is 5.69 Å². The van der Waals surface area contributed by atoms with E-state index in [9.17, 15) is 9.59 Å². The van der Waals surface area contributed by atoms with Crippen molar-refractivity contribution in [1.82, 2.24) is 19.9 Å². The first-order valence-electron chi connectivity index (χ1n) is 10.1. The van der Waals surface area contributed by atoms with Gasteiger partial charge < -0.3 is 10.2 Å². The number of amides is 2. The SMILES string of the molecule is Cc1ccc(-n2nc(C)c(C(=O)N3CSCC3C(=O)Nc3ccc(C#N)cc3)n2)c(C)c1. The molecule has 0 bridgehead atoms. The molecule has 1 aliphatic heterocycles. The number of hydrogen-bond donors (Lipinski definition) is 1. The average Bonchev–Trinajstić information content (AvgIpc) is 3.41. The number of thioether (sulfide) groups is 1. The van der Waals surface area contributed by atoms with Gasteiger partial charge in [0, 0.05) is 11.4 Å². The van der Waals surface area contributed by atoms with Gasteiger partial charge in [0.1, 0.15) is 6.04 Å². The van der Waals surface area contributed by atoms with E-state index in [2.05, 4.69) is 15.5 Å². The van der Waals surface area contributed by atoms with E-state index in [1.165, 1.54) is 21.5 Å². The van der Waals surface area contributed by atoms with Crippen LogP contribution < -0.4 is 5.32 Å². The number of nitrogens with zero attached hydrogens (tertiary/aromatic N) is 5. The molecule has 2 aromatic carbocycles. The molecule has 1 unspecified atom stereocenters. The second kappa shape index (κ2) is 8.85. The summed E-state index contributed by atoms with van der Waals surface area (Å²) in [5.41, 5.74) is 4.80. The van der Waals surface area contributed by atoms with Gasteiger partial charge in [-0.25, -0.2) is 0 Å². The van der Waals surface area contributed by atoms with Crippen LogP contribution in [0.5, 0.6) is 0 Å². The Hall–Kier alpha value is -3.64. The van der Waals surface area contributed by atoms with Crippen LogP contribution >= 0.6 is 11.8 Å². The van der Waals surface area contributed by atoms with Crippen molar-refractivity contribution in [2.75, 3.05) is 16.9 Å². The van der Waals surface area contributed by atoms with Crippen molar-refractivity contribution in [2.24, 2.45) is 0 Å². The number of nitrogens with one attached hydrogen (secondary N) is 1. The van der Waals surface area contributed by atoms with E-state index in [1.807, 2.05) is 38.1 Å². The first-order valence-corrected chi connectivity index (χ1v) is 11.2. The molecule has 0 aliphatic carbocycles. The van der Waals surface area contributed by atoms with Crippen molar-refractivity contribution < 1.29 is 9.59 Å². The maximum Gasteiger partial charge on any atom is 0.277 e. The lowest BCUT2D eigenvalue weighted by Gasteiger charge is -2.22. The quantitative estimate of drug-likeness (QED) is 0.660. The standard InChI is InChI=1S/C23H22N6O2S/c1-14-4-9-19(15(2)10-14)29-26-16(3)21(27-29)23(31)28-13-32-12-20(28)22(30)25-18-7-5-17(11-24)6-8-18/h4-10,20H,12-13H2,1-3H3,(H,25,30). The molecule has 8 nitrogen and oxygen atoms in total. The van der Waals surface area contributed by atoms with Gasteiger partial charge in [-0.2, -0.15) is 15.2 Å². The van der Waals surface area contributed by atoms with E-state index in [-0.39, 0.29) is 17.5 Å². The highest BCUT2D eigenvalue weighted by molar-refractivity contribution is 7.99. The van der Waals surface area contributed by atoms with Crippen molar-refractivity contribution in [1.29, 1.82) is 5.26 Å². The zero-order chi connectivity index (χ0) is 22.8. The minimum atomic E-state index is -0.617. The van der Waals surface area contributed by atoms with Crippen molar-refractivity contribution in [3.63, 3.8) is 0 Å². The van der Waals surface area contributed by atoms with Gasteiger partial charge in [0.05, 0.1) is 28.9 Å². The Kier molecular flexibility index (Phi) is 5.97. The molecular formula is C23H22N6O2S. The lowest BCUT2D eigenvalue weighted by molar-refractivity contribution is -0.119. The van der Waals surface area contributed by atoms with Crippen LogP contribution in [0.1, 0.15) is 32.9 Å². The molecule has 4 rings (SSSR count). The number of benzene rings is 2. The van der Waals surface area contributed by atoms with Gasteiger partial charge in [-0.3, -0.25) is 9.59 Å². The van der Waals surface area contributed by atoms with Crippen molar-refractivity contribution >= 4 is 29.3 Å². The summed E-state index contributed by atoms with van der Waals surface area (Å²) in [4.78, 5) is 29.2. The molecule has 32 heavy (non-hydrogen) atoms.